The summed E-state index contributed by atoms with van der Waals surface area (Å²) in [5, 5.41) is 15.3. The highest BCUT2D eigenvalue weighted by Crippen LogP contribution is 2.25. The van der Waals surface area contributed by atoms with Crippen LogP contribution >= 0.6 is 0 Å². The van der Waals surface area contributed by atoms with E-state index in [0.717, 1.165) is 36.8 Å². The van der Waals surface area contributed by atoms with E-state index in [1.807, 2.05) is 55.8 Å². The van der Waals surface area contributed by atoms with E-state index in [2.05, 4.69) is 16.7 Å². The highest BCUT2D eigenvalue weighted by atomic mass is 16.2. The number of rotatable bonds is 6. The van der Waals surface area contributed by atoms with Gasteiger partial charge in [0.15, 0.2) is 0 Å². The first-order valence-electron chi connectivity index (χ1n) is 10.5. The Balaban J connectivity index is 1.69. The lowest BCUT2D eigenvalue weighted by atomic mass is 9.83. The average molecular weight is 395 g/mol. The van der Waals surface area contributed by atoms with Gasteiger partial charge in [0.1, 0.15) is 6.04 Å². The smallest absolute Gasteiger partial charge is 0.253 e. The van der Waals surface area contributed by atoms with Crippen LogP contribution in [0.5, 0.6) is 0 Å². The maximum Gasteiger partial charge on any atom is 0.253 e. The first-order chi connectivity index (χ1) is 13.9. The minimum Gasteiger partial charge on any atom is -0.348 e. The summed E-state index contributed by atoms with van der Waals surface area (Å²) >= 11 is 0. The van der Waals surface area contributed by atoms with Crippen molar-refractivity contribution in [1.29, 1.82) is 5.26 Å². The first-order valence-corrected chi connectivity index (χ1v) is 10.5. The largest absolute Gasteiger partial charge is 0.348 e. The fourth-order valence-corrected chi connectivity index (χ4v) is 4.11. The highest BCUT2D eigenvalue weighted by Gasteiger charge is 2.33. The monoisotopic (exact) mass is 394 g/mol. The Morgan fingerprint density at radius 1 is 1.24 bits per heavy atom. The van der Waals surface area contributed by atoms with Crippen LogP contribution in [0.25, 0.3) is 5.52 Å². The molecule has 2 N–H and O–H groups in total. The number of carbonyl (C=O) groups excluding carboxylic acids is 2. The molecule has 154 valence electrons. The number of aromatic nitrogens is 1. The molecule has 3 rings (SSSR count). The zero-order valence-corrected chi connectivity index (χ0v) is 17.4. The molecule has 0 saturated heterocycles. The van der Waals surface area contributed by atoms with Crippen molar-refractivity contribution >= 4 is 17.3 Å². The molecule has 2 amide bonds. The molecule has 2 heterocycles. The molecule has 3 atom stereocenters. The van der Waals surface area contributed by atoms with Crippen LogP contribution in [-0.4, -0.2) is 28.3 Å². The third kappa shape index (κ3) is 5.17. The van der Waals surface area contributed by atoms with Crippen LogP contribution < -0.4 is 10.6 Å². The van der Waals surface area contributed by atoms with Gasteiger partial charge in [-0.25, -0.2) is 0 Å². The Morgan fingerprint density at radius 3 is 2.72 bits per heavy atom. The summed E-state index contributed by atoms with van der Waals surface area (Å²) in [4.78, 5) is 25.7. The van der Waals surface area contributed by atoms with Crippen molar-refractivity contribution in [2.24, 2.45) is 11.8 Å². The van der Waals surface area contributed by atoms with E-state index < -0.39 is 6.04 Å². The predicted molar refractivity (Wildman–Crippen MR) is 112 cm³/mol. The number of pyridine rings is 1. The predicted octanol–water partition coefficient (Wildman–Crippen LogP) is 3.59. The molecule has 0 aliphatic heterocycles. The van der Waals surface area contributed by atoms with Gasteiger partial charge < -0.3 is 15.0 Å². The summed E-state index contributed by atoms with van der Waals surface area (Å²) in [5.41, 5.74) is 2.68. The maximum absolute atomic E-state index is 12.9. The number of amides is 2. The lowest BCUT2D eigenvalue weighted by Crippen LogP contribution is -2.50. The molecule has 1 aliphatic carbocycles. The Bertz CT molecular complexity index is 925. The zero-order valence-electron chi connectivity index (χ0n) is 17.4. The van der Waals surface area contributed by atoms with Crippen LogP contribution in [0.1, 0.15) is 61.9 Å². The second kappa shape index (κ2) is 9.13. The molecule has 0 radical (unpaired) electrons. The van der Waals surface area contributed by atoms with E-state index >= 15 is 0 Å². The normalized spacial score (nSPS) is 20.2. The van der Waals surface area contributed by atoms with Crippen molar-refractivity contribution in [1.82, 2.24) is 15.0 Å². The van der Waals surface area contributed by atoms with E-state index in [1.165, 1.54) is 0 Å². The standard InChI is InChI=1S/C23H30N4O2/c1-15(2)10-18(12-24)25-23(29)20-6-4-5-7-21(20)26-22(28)17-11-19-9-8-16(3)13-27(19)14-17/h8-9,11,13-15,18,20-21H,4-7,10H2,1-3H3,(H,25,29)(H,26,28). The van der Waals surface area contributed by atoms with Crippen molar-refractivity contribution in [3.8, 4) is 6.07 Å². The molecule has 3 unspecified atom stereocenters. The SMILES string of the molecule is Cc1ccc2cc(C(=O)NC3CCCCC3C(=O)NC(C#N)CC(C)C)cn2c1. The number of nitriles is 1. The van der Waals surface area contributed by atoms with Crippen molar-refractivity contribution in [2.75, 3.05) is 0 Å². The van der Waals surface area contributed by atoms with Gasteiger partial charge in [0.2, 0.25) is 5.91 Å². The van der Waals surface area contributed by atoms with E-state index in [4.69, 9.17) is 0 Å². The molecule has 0 spiro atoms. The molecule has 1 aliphatic rings. The van der Waals surface area contributed by atoms with E-state index in [-0.39, 0.29) is 23.8 Å². The van der Waals surface area contributed by atoms with Crippen molar-refractivity contribution < 1.29 is 9.59 Å². The van der Waals surface area contributed by atoms with Crippen LogP contribution in [0.2, 0.25) is 0 Å². The average Bonchev–Trinajstić information content (AvgIpc) is 3.10. The van der Waals surface area contributed by atoms with E-state index in [1.54, 1.807) is 0 Å². The molecule has 1 fully saturated rings. The Hall–Kier alpha value is -2.81. The fraction of sp³-hybridized carbons (Fsp3) is 0.522. The van der Waals surface area contributed by atoms with Crippen LogP contribution in [0.4, 0.5) is 0 Å². The summed E-state index contributed by atoms with van der Waals surface area (Å²) in [6, 6.07) is 7.35. The molecule has 2 aromatic heterocycles. The topological polar surface area (TPSA) is 86.4 Å². The summed E-state index contributed by atoms with van der Waals surface area (Å²) in [5.74, 6) is -0.251. The quantitative estimate of drug-likeness (QED) is 0.785. The van der Waals surface area contributed by atoms with Crippen molar-refractivity contribution in [2.45, 2.75) is 65.0 Å². The van der Waals surface area contributed by atoms with Crippen molar-refractivity contribution in [3.05, 3.63) is 41.7 Å². The molecular formula is C23H30N4O2. The highest BCUT2D eigenvalue weighted by molar-refractivity contribution is 5.96. The van der Waals surface area contributed by atoms with Crippen LogP contribution in [-0.2, 0) is 4.79 Å². The molecule has 0 bridgehead atoms. The minimum atomic E-state index is -0.485. The molecule has 2 aromatic rings. The van der Waals surface area contributed by atoms with Gasteiger partial charge in [0, 0.05) is 24.0 Å². The molecular weight excluding hydrogens is 364 g/mol. The zero-order chi connectivity index (χ0) is 21.0. The van der Waals surface area contributed by atoms with Gasteiger partial charge in [0.25, 0.3) is 5.91 Å². The van der Waals surface area contributed by atoms with Crippen LogP contribution in [0.3, 0.4) is 0 Å². The van der Waals surface area contributed by atoms with Gasteiger partial charge in [-0.05, 0) is 49.8 Å². The van der Waals surface area contributed by atoms with Gasteiger partial charge in [-0.15, -0.1) is 0 Å². The maximum atomic E-state index is 12.9. The van der Waals surface area contributed by atoms with Gasteiger partial charge >= 0.3 is 0 Å². The Labute approximate surface area is 172 Å². The Kier molecular flexibility index (Phi) is 6.58. The molecule has 6 heteroatoms. The first kappa shape index (κ1) is 20.9. The second-order valence-electron chi connectivity index (χ2n) is 8.56. The summed E-state index contributed by atoms with van der Waals surface area (Å²) in [6.45, 7) is 6.07. The van der Waals surface area contributed by atoms with Crippen LogP contribution in [0, 0.1) is 30.1 Å². The van der Waals surface area contributed by atoms with E-state index in [0.29, 0.717) is 17.9 Å². The summed E-state index contributed by atoms with van der Waals surface area (Å²) in [6.07, 6.45) is 7.89. The lowest BCUT2D eigenvalue weighted by Gasteiger charge is -2.31. The van der Waals surface area contributed by atoms with Gasteiger partial charge in [-0.1, -0.05) is 32.8 Å². The number of hydrogen-bond donors (Lipinski definition) is 2. The summed E-state index contributed by atoms with van der Waals surface area (Å²) < 4.78 is 1.94. The number of aryl methyl sites for hydroxylation is 1. The number of nitrogens with zero attached hydrogens (tertiary/aromatic N) is 2. The molecule has 0 aromatic carbocycles. The van der Waals surface area contributed by atoms with E-state index in [9.17, 15) is 14.9 Å². The molecule has 29 heavy (non-hydrogen) atoms. The third-order valence-corrected chi connectivity index (χ3v) is 5.60. The van der Waals surface area contributed by atoms with Gasteiger partial charge in [-0.3, -0.25) is 9.59 Å². The number of fused-ring (bicyclic) bond motifs is 1. The number of hydrogen-bond acceptors (Lipinski definition) is 3. The number of nitrogens with one attached hydrogen (secondary N) is 2. The fourth-order valence-electron chi connectivity index (χ4n) is 4.11. The lowest BCUT2D eigenvalue weighted by molar-refractivity contribution is -0.127. The second-order valence-corrected chi connectivity index (χ2v) is 8.56. The van der Waals surface area contributed by atoms with Gasteiger partial charge in [0.05, 0.1) is 17.6 Å². The Morgan fingerprint density at radius 2 is 2.00 bits per heavy atom. The number of carbonyl (C=O) groups is 2. The van der Waals surface area contributed by atoms with Crippen LogP contribution in [0.15, 0.2) is 30.6 Å². The minimum absolute atomic E-state index is 0.125. The van der Waals surface area contributed by atoms with Gasteiger partial charge in [-0.2, -0.15) is 5.26 Å². The molecule has 6 nitrogen and oxygen atoms in total. The third-order valence-electron chi connectivity index (χ3n) is 5.60. The molecule has 1 saturated carbocycles. The van der Waals surface area contributed by atoms with Crippen molar-refractivity contribution in [3.63, 3.8) is 0 Å². The summed E-state index contributed by atoms with van der Waals surface area (Å²) in [7, 11) is 0.